The van der Waals surface area contributed by atoms with Crippen molar-refractivity contribution in [3.05, 3.63) is 46.5 Å². The fourth-order valence-corrected chi connectivity index (χ4v) is 4.88. The van der Waals surface area contributed by atoms with Crippen molar-refractivity contribution in [3.8, 4) is 23.0 Å². The Morgan fingerprint density at radius 2 is 1.90 bits per heavy atom. The molecule has 29 heavy (non-hydrogen) atoms. The molecule has 0 saturated heterocycles. The second-order valence-corrected chi connectivity index (χ2v) is 7.71. The molecule has 1 amide bonds. The zero-order valence-corrected chi connectivity index (χ0v) is 17.0. The van der Waals surface area contributed by atoms with Crippen molar-refractivity contribution >= 4 is 5.91 Å². The molecule has 2 aromatic carbocycles. The molecule has 0 radical (unpaired) electrons. The number of ether oxygens (including phenoxy) is 4. The lowest BCUT2D eigenvalue weighted by molar-refractivity contribution is 0.0647. The summed E-state index contributed by atoms with van der Waals surface area (Å²) in [5.41, 5.74) is 3.94. The first-order valence-electron chi connectivity index (χ1n) is 9.69. The summed E-state index contributed by atoms with van der Waals surface area (Å²) in [6.07, 6.45) is 0.884. The number of benzene rings is 2. The summed E-state index contributed by atoms with van der Waals surface area (Å²) in [6, 6.07) is 7.61. The van der Waals surface area contributed by atoms with E-state index in [9.17, 15) is 4.79 Å². The average molecular weight is 396 g/mol. The zero-order valence-electron chi connectivity index (χ0n) is 17.0. The van der Waals surface area contributed by atoms with Crippen LogP contribution in [0.15, 0.2) is 24.3 Å². The number of amides is 1. The Labute approximate surface area is 169 Å². The molecule has 0 aliphatic carbocycles. The molecule has 0 spiro atoms. The normalized spacial score (nSPS) is 22.5. The molecule has 0 saturated carbocycles. The Balaban J connectivity index is 1.70. The van der Waals surface area contributed by atoms with Crippen molar-refractivity contribution in [2.45, 2.75) is 18.5 Å². The van der Waals surface area contributed by atoms with Gasteiger partial charge < -0.3 is 23.8 Å². The Morgan fingerprint density at radius 3 is 2.66 bits per heavy atom. The van der Waals surface area contributed by atoms with Crippen LogP contribution < -0.4 is 18.9 Å². The molecule has 7 nitrogen and oxygen atoms in total. The number of hydrogen-bond donors (Lipinski definition) is 0. The maximum absolute atomic E-state index is 13.1. The Kier molecular flexibility index (Phi) is 4.10. The lowest BCUT2D eigenvalue weighted by atomic mass is 9.84. The van der Waals surface area contributed by atoms with Gasteiger partial charge in [0.1, 0.15) is 5.75 Å². The summed E-state index contributed by atoms with van der Waals surface area (Å²) in [6.45, 7) is 1.07. The summed E-state index contributed by atoms with van der Waals surface area (Å²) < 4.78 is 22.5. The monoisotopic (exact) mass is 396 g/mol. The Hall–Kier alpha value is -2.93. The van der Waals surface area contributed by atoms with Crippen molar-refractivity contribution < 1.29 is 23.7 Å². The topological polar surface area (TPSA) is 60.5 Å². The SMILES string of the molecule is COc1ccc2c(c1)C(=O)N(C)C2C1c2c(cc3c(c2OC)OCO3)CCN1C. The molecule has 7 heteroatoms. The minimum absolute atomic E-state index is 0.00383. The van der Waals surface area contributed by atoms with Gasteiger partial charge in [0.05, 0.1) is 26.3 Å². The van der Waals surface area contributed by atoms with Crippen LogP contribution in [0.25, 0.3) is 0 Å². The maximum Gasteiger partial charge on any atom is 0.254 e. The van der Waals surface area contributed by atoms with Crippen molar-refractivity contribution in [1.82, 2.24) is 9.80 Å². The molecular formula is C22H24N2O5. The van der Waals surface area contributed by atoms with E-state index in [1.165, 1.54) is 5.56 Å². The lowest BCUT2D eigenvalue weighted by Crippen LogP contribution is -2.40. The van der Waals surface area contributed by atoms with E-state index in [0.717, 1.165) is 29.8 Å². The first kappa shape index (κ1) is 18.1. The highest BCUT2D eigenvalue weighted by atomic mass is 16.7. The van der Waals surface area contributed by atoms with Crippen LogP contribution in [0.1, 0.15) is 39.1 Å². The fourth-order valence-electron chi connectivity index (χ4n) is 4.88. The van der Waals surface area contributed by atoms with Gasteiger partial charge in [-0.3, -0.25) is 9.69 Å². The highest BCUT2D eigenvalue weighted by Gasteiger charge is 2.45. The summed E-state index contributed by atoms with van der Waals surface area (Å²) in [5, 5.41) is 0. The molecule has 0 fully saturated rings. The summed E-state index contributed by atoms with van der Waals surface area (Å²) >= 11 is 0. The highest BCUT2D eigenvalue weighted by Crippen LogP contribution is 2.54. The van der Waals surface area contributed by atoms with Gasteiger partial charge in [0.2, 0.25) is 12.5 Å². The van der Waals surface area contributed by atoms with E-state index in [1.54, 1.807) is 14.2 Å². The minimum atomic E-state index is -0.137. The van der Waals surface area contributed by atoms with Gasteiger partial charge in [-0.25, -0.2) is 0 Å². The van der Waals surface area contributed by atoms with Crippen LogP contribution >= 0.6 is 0 Å². The number of methoxy groups -OCH3 is 2. The maximum atomic E-state index is 13.1. The van der Waals surface area contributed by atoms with Crippen LogP contribution in [0, 0.1) is 0 Å². The van der Waals surface area contributed by atoms with Crippen LogP contribution in [0.2, 0.25) is 0 Å². The van der Waals surface area contributed by atoms with Gasteiger partial charge in [-0.15, -0.1) is 0 Å². The lowest BCUT2D eigenvalue weighted by Gasteiger charge is -2.41. The average Bonchev–Trinajstić information content (AvgIpc) is 3.30. The molecule has 3 heterocycles. The molecule has 2 atom stereocenters. The van der Waals surface area contributed by atoms with E-state index in [-0.39, 0.29) is 24.8 Å². The fraction of sp³-hybridized carbons (Fsp3) is 0.409. The molecule has 0 aromatic heterocycles. The second kappa shape index (κ2) is 6.56. The minimum Gasteiger partial charge on any atom is -0.497 e. The third-order valence-electron chi connectivity index (χ3n) is 6.30. The largest absolute Gasteiger partial charge is 0.497 e. The van der Waals surface area contributed by atoms with E-state index in [2.05, 4.69) is 18.0 Å². The van der Waals surface area contributed by atoms with Crippen LogP contribution in [-0.2, 0) is 6.42 Å². The van der Waals surface area contributed by atoms with Gasteiger partial charge in [0, 0.05) is 24.7 Å². The van der Waals surface area contributed by atoms with Crippen LogP contribution in [-0.4, -0.2) is 57.4 Å². The molecule has 152 valence electrons. The van der Waals surface area contributed by atoms with Gasteiger partial charge in [0.25, 0.3) is 5.91 Å². The Bertz CT molecular complexity index is 1010. The van der Waals surface area contributed by atoms with Gasteiger partial charge in [-0.2, -0.15) is 0 Å². The second-order valence-electron chi connectivity index (χ2n) is 7.71. The number of hydrogen-bond acceptors (Lipinski definition) is 6. The van der Waals surface area contributed by atoms with Gasteiger partial charge in [-0.1, -0.05) is 6.07 Å². The standard InChI is InChI=1S/C22H24N2O5/c1-23-8-7-12-9-16-20(29-11-28-16)21(27-4)17(12)19(23)18-14-6-5-13(26-3)10-15(14)22(25)24(18)2/h5-6,9-10,18-19H,7-8,11H2,1-4H3. The number of rotatable bonds is 3. The third kappa shape index (κ3) is 2.50. The Morgan fingerprint density at radius 1 is 1.07 bits per heavy atom. The predicted molar refractivity (Wildman–Crippen MR) is 106 cm³/mol. The van der Waals surface area contributed by atoms with E-state index in [0.29, 0.717) is 22.8 Å². The van der Waals surface area contributed by atoms with E-state index in [4.69, 9.17) is 18.9 Å². The molecule has 0 N–H and O–H groups in total. The first-order valence-corrected chi connectivity index (χ1v) is 9.69. The molecule has 2 unspecified atom stereocenters. The number of nitrogens with zero attached hydrogens (tertiary/aromatic N) is 2. The van der Waals surface area contributed by atoms with Gasteiger partial charge in [0.15, 0.2) is 11.5 Å². The van der Waals surface area contributed by atoms with Crippen molar-refractivity contribution in [2.75, 3.05) is 41.7 Å². The molecule has 3 aliphatic rings. The molecule has 3 aliphatic heterocycles. The van der Waals surface area contributed by atoms with Crippen molar-refractivity contribution in [2.24, 2.45) is 0 Å². The molecule has 0 bridgehead atoms. The smallest absolute Gasteiger partial charge is 0.254 e. The van der Waals surface area contributed by atoms with Crippen LogP contribution in [0.5, 0.6) is 23.0 Å². The first-order chi connectivity index (χ1) is 14.0. The number of carbonyl (C=O) groups is 1. The predicted octanol–water partition coefficient (Wildman–Crippen LogP) is 2.79. The van der Waals surface area contributed by atoms with Crippen LogP contribution in [0.3, 0.4) is 0 Å². The molecular weight excluding hydrogens is 372 g/mol. The molecule has 5 rings (SSSR count). The summed E-state index contributed by atoms with van der Waals surface area (Å²) in [7, 11) is 7.23. The number of carbonyl (C=O) groups excluding carboxylic acids is 1. The van der Waals surface area contributed by atoms with Gasteiger partial charge in [-0.05, 0) is 42.8 Å². The third-order valence-corrected chi connectivity index (χ3v) is 6.30. The highest BCUT2D eigenvalue weighted by molar-refractivity contribution is 5.99. The van der Waals surface area contributed by atoms with Crippen LogP contribution in [0.4, 0.5) is 0 Å². The van der Waals surface area contributed by atoms with Crippen molar-refractivity contribution in [3.63, 3.8) is 0 Å². The van der Waals surface area contributed by atoms with E-state index >= 15 is 0 Å². The number of likely N-dealkylation sites (N-methyl/N-ethyl adjacent to an activating group) is 2. The van der Waals surface area contributed by atoms with E-state index in [1.807, 2.05) is 30.1 Å². The quantitative estimate of drug-likeness (QED) is 0.795. The number of fused-ring (bicyclic) bond motifs is 3. The van der Waals surface area contributed by atoms with E-state index < -0.39 is 0 Å². The van der Waals surface area contributed by atoms with Crippen molar-refractivity contribution in [1.29, 1.82) is 0 Å². The zero-order chi connectivity index (χ0) is 20.3. The summed E-state index contributed by atoms with van der Waals surface area (Å²) in [5.74, 6) is 2.77. The van der Waals surface area contributed by atoms with Gasteiger partial charge >= 0.3 is 0 Å². The summed E-state index contributed by atoms with van der Waals surface area (Å²) in [4.78, 5) is 17.2. The molecule has 2 aromatic rings.